The fourth-order valence-corrected chi connectivity index (χ4v) is 2.03. The summed E-state index contributed by atoms with van der Waals surface area (Å²) in [4.78, 5) is 15.3. The van der Waals surface area contributed by atoms with Gasteiger partial charge in [0.2, 0.25) is 17.6 Å². The lowest BCUT2D eigenvalue weighted by molar-refractivity contribution is -0.120. The molecule has 0 aliphatic heterocycles. The summed E-state index contributed by atoms with van der Waals surface area (Å²) in [6.07, 6.45) is 0. The van der Waals surface area contributed by atoms with Crippen LogP contribution in [-0.4, -0.2) is 36.8 Å². The van der Waals surface area contributed by atoms with E-state index in [0.29, 0.717) is 27.9 Å². The molecule has 10 heteroatoms. The number of rotatable bonds is 6. The third-order valence-corrected chi connectivity index (χ3v) is 3.06. The summed E-state index contributed by atoms with van der Waals surface area (Å²) in [5.41, 5.74) is 5.79. The maximum absolute atomic E-state index is 11.1. The highest BCUT2D eigenvalue weighted by atomic mass is 35.5. The molecule has 23 heavy (non-hydrogen) atoms. The summed E-state index contributed by atoms with van der Waals surface area (Å²) in [5, 5.41) is 6.73. The average molecular weight is 363 g/mol. The van der Waals surface area contributed by atoms with Crippen LogP contribution in [0.1, 0.15) is 5.89 Å². The number of nitrogens with one attached hydrogen (secondary N) is 1. The van der Waals surface area contributed by atoms with Crippen LogP contribution in [0.2, 0.25) is 5.02 Å². The standard InChI is InChI=1S/C13H15ClN4O4.ClH/c1-20-9-4-7(3-8(14)12(9)21-2)13-17-11(22-18-13)6-16-10(19)5-15;/h3-4H,5-6,15H2,1-2H3,(H,16,19);1H. The molecule has 1 aromatic heterocycles. The molecule has 0 saturated carbocycles. The van der Waals surface area contributed by atoms with E-state index in [1.54, 1.807) is 12.1 Å². The number of hydrogen-bond donors (Lipinski definition) is 2. The highest BCUT2D eigenvalue weighted by molar-refractivity contribution is 6.32. The van der Waals surface area contributed by atoms with E-state index in [2.05, 4.69) is 15.5 Å². The van der Waals surface area contributed by atoms with Crippen molar-refractivity contribution in [2.75, 3.05) is 20.8 Å². The number of carbonyl (C=O) groups is 1. The Labute approximate surface area is 143 Å². The number of aromatic nitrogens is 2. The molecule has 0 unspecified atom stereocenters. The number of nitrogens with two attached hydrogens (primary N) is 1. The zero-order valence-corrected chi connectivity index (χ0v) is 14.0. The van der Waals surface area contributed by atoms with Crippen molar-refractivity contribution in [1.82, 2.24) is 15.5 Å². The molecule has 0 spiro atoms. The van der Waals surface area contributed by atoms with Gasteiger partial charge in [-0.2, -0.15) is 4.98 Å². The first-order chi connectivity index (χ1) is 10.6. The van der Waals surface area contributed by atoms with Crippen LogP contribution in [0.15, 0.2) is 16.7 Å². The highest BCUT2D eigenvalue weighted by Gasteiger charge is 2.16. The first-order valence-electron chi connectivity index (χ1n) is 6.30. The molecule has 3 N–H and O–H groups in total. The predicted octanol–water partition coefficient (Wildman–Crippen LogP) is 1.40. The highest BCUT2D eigenvalue weighted by Crippen LogP contribution is 2.38. The fraction of sp³-hybridized carbons (Fsp3) is 0.308. The Morgan fingerprint density at radius 1 is 1.39 bits per heavy atom. The van der Waals surface area contributed by atoms with E-state index < -0.39 is 0 Å². The van der Waals surface area contributed by atoms with E-state index in [0.717, 1.165) is 0 Å². The van der Waals surface area contributed by atoms with Gasteiger partial charge in [0, 0.05) is 5.56 Å². The van der Waals surface area contributed by atoms with Gasteiger partial charge in [-0.25, -0.2) is 0 Å². The second-order valence-electron chi connectivity index (χ2n) is 4.19. The molecule has 0 radical (unpaired) electrons. The molecule has 126 valence electrons. The Balaban J connectivity index is 0.00000264. The maximum atomic E-state index is 11.1. The van der Waals surface area contributed by atoms with Crippen molar-refractivity contribution in [2.45, 2.75) is 6.54 Å². The lowest BCUT2D eigenvalue weighted by atomic mass is 10.2. The first kappa shape index (κ1) is 19.0. The summed E-state index contributed by atoms with van der Waals surface area (Å²) in [5.74, 6) is 1.14. The summed E-state index contributed by atoms with van der Waals surface area (Å²) < 4.78 is 15.4. The van der Waals surface area contributed by atoms with Crippen LogP contribution < -0.4 is 20.5 Å². The number of ether oxygens (including phenoxy) is 2. The molecule has 8 nitrogen and oxygen atoms in total. The van der Waals surface area contributed by atoms with Crippen LogP contribution in [0.3, 0.4) is 0 Å². The quantitative estimate of drug-likeness (QED) is 0.798. The second-order valence-corrected chi connectivity index (χ2v) is 4.59. The average Bonchev–Trinajstić information content (AvgIpc) is 3.00. The molecule has 0 bridgehead atoms. The van der Waals surface area contributed by atoms with E-state index >= 15 is 0 Å². The Morgan fingerprint density at radius 3 is 2.74 bits per heavy atom. The van der Waals surface area contributed by atoms with Crippen molar-refractivity contribution < 1.29 is 18.8 Å². The van der Waals surface area contributed by atoms with Crippen molar-refractivity contribution in [2.24, 2.45) is 5.73 Å². The van der Waals surface area contributed by atoms with Gasteiger partial charge in [-0.05, 0) is 12.1 Å². The minimum atomic E-state index is -0.311. The van der Waals surface area contributed by atoms with Crippen LogP contribution in [0.4, 0.5) is 0 Å². The number of nitrogens with zero attached hydrogens (tertiary/aromatic N) is 2. The van der Waals surface area contributed by atoms with Gasteiger partial charge in [0.15, 0.2) is 11.5 Å². The van der Waals surface area contributed by atoms with Gasteiger partial charge < -0.3 is 25.0 Å². The summed E-state index contributed by atoms with van der Waals surface area (Å²) >= 11 is 6.13. The van der Waals surface area contributed by atoms with Crippen LogP contribution in [0, 0.1) is 0 Å². The van der Waals surface area contributed by atoms with Gasteiger partial charge in [0.05, 0.1) is 32.3 Å². The molecule has 1 amide bonds. The van der Waals surface area contributed by atoms with Gasteiger partial charge in [-0.1, -0.05) is 16.8 Å². The van der Waals surface area contributed by atoms with Crippen molar-refractivity contribution in [3.05, 3.63) is 23.0 Å². The second kappa shape index (κ2) is 8.56. The topological polar surface area (TPSA) is 113 Å². The Hall–Kier alpha value is -2.03. The molecular formula is C13H16Cl2N4O4. The molecule has 1 aromatic carbocycles. The molecule has 0 aliphatic rings. The van der Waals surface area contributed by atoms with Crippen molar-refractivity contribution in [3.63, 3.8) is 0 Å². The minimum absolute atomic E-state index is 0. The van der Waals surface area contributed by atoms with E-state index in [9.17, 15) is 4.79 Å². The monoisotopic (exact) mass is 362 g/mol. The first-order valence-corrected chi connectivity index (χ1v) is 6.68. The van der Waals surface area contributed by atoms with Gasteiger partial charge in [0.25, 0.3) is 0 Å². The van der Waals surface area contributed by atoms with Gasteiger partial charge in [0.1, 0.15) is 0 Å². The smallest absolute Gasteiger partial charge is 0.246 e. The lowest BCUT2D eigenvalue weighted by Gasteiger charge is -2.10. The van der Waals surface area contributed by atoms with Crippen molar-refractivity contribution >= 4 is 29.9 Å². The largest absolute Gasteiger partial charge is 0.493 e. The Kier molecular flexibility index (Phi) is 7.08. The van der Waals surface area contributed by atoms with Crippen molar-refractivity contribution in [1.29, 1.82) is 0 Å². The lowest BCUT2D eigenvalue weighted by Crippen LogP contribution is -2.29. The molecule has 0 saturated heterocycles. The molecule has 2 rings (SSSR count). The zero-order chi connectivity index (χ0) is 16.1. The number of methoxy groups -OCH3 is 2. The van der Waals surface area contributed by atoms with Gasteiger partial charge >= 0.3 is 0 Å². The van der Waals surface area contributed by atoms with E-state index in [1.165, 1.54) is 14.2 Å². The van der Waals surface area contributed by atoms with E-state index in [4.69, 9.17) is 31.3 Å². The summed E-state index contributed by atoms with van der Waals surface area (Å²) in [6, 6.07) is 3.31. The third-order valence-electron chi connectivity index (χ3n) is 2.78. The number of amides is 1. The van der Waals surface area contributed by atoms with Crippen molar-refractivity contribution in [3.8, 4) is 22.9 Å². The van der Waals surface area contributed by atoms with Gasteiger partial charge in [-0.15, -0.1) is 12.4 Å². The predicted molar refractivity (Wildman–Crippen MR) is 86.0 cm³/mol. The molecule has 0 aliphatic carbocycles. The van der Waals surface area contributed by atoms with Crippen LogP contribution >= 0.6 is 24.0 Å². The fourth-order valence-electron chi connectivity index (χ4n) is 1.74. The molecule has 2 aromatic rings. The number of carbonyl (C=O) groups excluding carboxylic acids is 1. The molecular weight excluding hydrogens is 347 g/mol. The SMILES string of the molecule is COc1cc(-c2noc(CNC(=O)CN)n2)cc(Cl)c1OC.Cl. The van der Waals surface area contributed by atoms with Gasteiger partial charge in [-0.3, -0.25) is 4.79 Å². The van der Waals surface area contributed by atoms with Crippen LogP contribution in [0.5, 0.6) is 11.5 Å². The number of benzene rings is 1. The number of hydrogen-bond acceptors (Lipinski definition) is 7. The Morgan fingerprint density at radius 2 is 2.13 bits per heavy atom. The molecule has 0 atom stereocenters. The summed E-state index contributed by atoms with van der Waals surface area (Å²) in [6.45, 7) is -0.00363. The molecule has 1 heterocycles. The normalized spacial score (nSPS) is 9.91. The number of halogens is 2. The van der Waals surface area contributed by atoms with E-state index in [-0.39, 0.29) is 37.3 Å². The third kappa shape index (κ3) is 4.47. The maximum Gasteiger partial charge on any atom is 0.246 e. The Bertz CT molecular complexity index is 678. The van der Waals surface area contributed by atoms with Crippen LogP contribution in [-0.2, 0) is 11.3 Å². The van der Waals surface area contributed by atoms with E-state index in [1.807, 2.05) is 0 Å². The van der Waals surface area contributed by atoms with Crippen LogP contribution in [0.25, 0.3) is 11.4 Å². The molecule has 0 fully saturated rings. The minimum Gasteiger partial charge on any atom is -0.493 e. The summed E-state index contributed by atoms with van der Waals surface area (Å²) in [7, 11) is 3.00. The zero-order valence-electron chi connectivity index (χ0n) is 12.5.